The van der Waals surface area contributed by atoms with Crippen molar-refractivity contribution in [2.75, 3.05) is 12.3 Å². The highest BCUT2D eigenvalue weighted by Gasteiger charge is 2.44. The molecular formula is C22H31N5O4. The van der Waals surface area contributed by atoms with E-state index in [1.165, 1.54) is 55.8 Å². The van der Waals surface area contributed by atoms with Gasteiger partial charge in [-0.05, 0) is 24.7 Å². The van der Waals surface area contributed by atoms with Crippen molar-refractivity contribution in [1.29, 1.82) is 0 Å². The van der Waals surface area contributed by atoms with Gasteiger partial charge in [-0.15, -0.1) is 0 Å². The lowest BCUT2D eigenvalue weighted by Gasteiger charge is -2.16. The minimum atomic E-state index is -1.23. The highest BCUT2D eigenvalue weighted by Crippen LogP contribution is 2.32. The Morgan fingerprint density at radius 1 is 1.13 bits per heavy atom. The summed E-state index contributed by atoms with van der Waals surface area (Å²) >= 11 is 0. The van der Waals surface area contributed by atoms with E-state index in [1.54, 1.807) is 0 Å². The molecule has 1 aliphatic carbocycles. The zero-order valence-corrected chi connectivity index (χ0v) is 17.7. The Morgan fingerprint density at radius 3 is 2.61 bits per heavy atom. The highest BCUT2D eigenvalue weighted by molar-refractivity contribution is 5.82. The second-order valence-electron chi connectivity index (χ2n) is 8.54. The van der Waals surface area contributed by atoms with E-state index >= 15 is 0 Å². The third-order valence-electron chi connectivity index (χ3n) is 6.33. The molecule has 9 heteroatoms. The molecule has 2 fully saturated rings. The number of nitrogens with two attached hydrogens (primary N) is 1. The van der Waals surface area contributed by atoms with Gasteiger partial charge >= 0.3 is 0 Å². The fraction of sp³-hybridized carbons (Fsp3) is 0.682. The molecule has 1 saturated carbocycles. The van der Waals surface area contributed by atoms with Crippen LogP contribution in [0.2, 0.25) is 0 Å². The Labute approximate surface area is 181 Å². The number of nitrogen functional groups attached to an aromatic ring is 1. The maximum Gasteiger partial charge on any atom is 0.208 e. The number of unbranched alkanes of at least 4 members (excludes halogenated alkanes) is 1. The lowest BCUT2D eigenvalue weighted by atomic mass is 9.94. The summed E-state index contributed by atoms with van der Waals surface area (Å²) < 4.78 is 7.08. The van der Waals surface area contributed by atoms with E-state index in [2.05, 4.69) is 26.8 Å². The molecule has 9 nitrogen and oxygen atoms in total. The Kier molecular flexibility index (Phi) is 7.02. The Hall–Kier alpha value is -2.25. The summed E-state index contributed by atoms with van der Waals surface area (Å²) in [5.74, 6) is 7.45. The molecule has 0 spiro atoms. The lowest BCUT2D eigenvalue weighted by Crippen LogP contribution is -2.33. The number of aliphatic hydroxyl groups is 3. The maximum atomic E-state index is 10.3. The van der Waals surface area contributed by atoms with E-state index in [9.17, 15) is 15.3 Å². The van der Waals surface area contributed by atoms with Gasteiger partial charge in [-0.1, -0.05) is 44.4 Å². The van der Waals surface area contributed by atoms with Crippen LogP contribution in [0.25, 0.3) is 11.2 Å². The first kappa shape index (κ1) is 22.0. The topological polar surface area (TPSA) is 140 Å². The number of anilines is 1. The predicted octanol–water partition coefficient (Wildman–Crippen LogP) is 1.51. The van der Waals surface area contributed by atoms with Crippen molar-refractivity contribution in [3.05, 3.63) is 12.2 Å². The van der Waals surface area contributed by atoms with E-state index in [1.807, 2.05) is 0 Å². The quantitative estimate of drug-likeness (QED) is 0.319. The fourth-order valence-electron chi connectivity index (χ4n) is 4.56. The number of aliphatic hydroxyl groups excluding tert-OH is 3. The molecule has 4 atom stereocenters. The van der Waals surface area contributed by atoms with Crippen LogP contribution in [0.15, 0.2) is 6.33 Å². The van der Waals surface area contributed by atoms with Crippen LogP contribution < -0.4 is 5.73 Å². The number of hydrogen-bond donors (Lipinski definition) is 4. The van der Waals surface area contributed by atoms with Gasteiger partial charge in [-0.25, -0.2) is 15.0 Å². The largest absolute Gasteiger partial charge is 0.394 e. The second-order valence-corrected chi connectivity index (χ2v) is 8.54. The first-order valence-electron chi connectivity index (χ1n) is 11.2. The molecule has 0 bridgehead atoms. The van der Waals surface area contributed by atoms with Crippen molar-refractivity contribution < 1.29 is 20.1 Å². The van der Waals surface area contributed by atoms with Gasteiger partial charge in [0.15, 0.2) is 17.7 Å². The molecule has 1 aliphatic heterocycles. The minimum Gasteiger partial charge on any atom is -0.394 e. The van der Waals surface area contributed by atoms with Crippen LogP contribution in [0.5, 0.6) is 0 Å². The average molecular weight is 430 g/mol. The van der Waals surface area contributed by atoms with Crippen LogP contribution in [-0.4, -0.2) is 59.8 Å². The number of ether oxygens (including phenoxy) is 1. The molecule has 0 aromatic carbocycles. The van der Waals surface area contributed by atoms with Crippen LogP contribution in [0.3, 0.4) is 0 Å². The number of fused-ring (bicyclic) bond motifs is 1. The number of imidazole rings is 1. The zero-order valence-electron chi connectivity index (χ0n) is 17.7. The van der Waals surface area contributed by atoms with Crippen molar-refractivity contribution in [2.24, 2.45) is 5.92 Å². The molecule has 0 amide bonds. The standard InChI is InChI=1S/C22H31N5O4/c23-20-17-21(27(13-24-17)22-19(30)18(29)15(12-28)31-22)26-16(25-20)11-7-3-6-10-14-8-4-1-2-5-9-14/h13-15,18-19,22,28-30H,1-6,8-10,12H2,(H2,23,25,26)/t15-,18-,19-,22-/m1/s1. The zero-order chi connectivity index (χ0) is 21.8. The van der Waals surface area contributed by atoms with Crippen molar-refractivity contribution in [3.8, 4) is 11.8 Å². The van der Waals surface area contributed by atoms with Crippen molar-refractivity contribution in [1.82, 2.24) is 19.5 Å². The molecule has 0 unspecified atom stereocenters. The summed E-state index contributed by atoms with van der Waals surface area (Å²) in [6.45, 7) is -0.407. The molecule has 0 radical (unpaired) electrons. The van der Waals surface area contributed by atoms with Gasteiger partial charge in [-0.2, -0.15) is 0 Å². The molecule has 31 heavy (non-hydrogen) atoms. The number of aromatic nitrogens is 4. The summed E-state index contributed by atoms with van der Waals surface area (Å²) in [6.07, 6.45) is 8.37. The molecule has 2 aliphatic rings. The maximum absolute atomic E-state index is 10.3. The molecule has 2 aromatic heterocycles. The lowest BCUT2D eigenvalue weighted by molar-refractivity contribution is -0.0511. The van der Waals surface area contributed by atoms with Gasteiger partial charge in [0.1, 0.15) is 23.8 Å². The molecule has 4 rings (SSSR count). The van der Waals surface area contributed by atoms with Crippen LogP contribution in [-0.2, 0) is 4.74 Å². The summed E-state index contributed by atoms with van der Waals surface area (Å²) in [5.41, 5.74) is 6.78. The molecule has 5 N–H and O–H groups in total. The van der Waals surface area contributed by atoms with Gasteiger partial charge in [0, 0.05) is 6.42 Å². The molecule has 1 saturated heterocycles. The third-order valence-corrected chi connectivity index (χ3v) is 6.33. The van der Waals surface area contributed by atoms with E-state index in [-0.39, 0.29) is 11.6 Å². The summed E-state index contributed by atoms with van der Waals surface area (Å²) in [4.78, 5) is 12.9. The van der Waals surface area contributed by atoms with Crippen LogP contribution in [0, 0.1) is 17.8 Å². The molecule has 3 heterocycles. The Morgan fingerprint density at radius 2 is 1.90 bits per heavy atom. The first-order valence-corrected chi connectivity index (χ1v) is 11.2. The van der Waals surface area contributed by atoms with Gasteiger partial charge in [0.2, 0.25) is 5.82 Å². The normalized spacial score (nSPS) is 27.2. The van der Waals surface area contributed by atoms with Crippen molar-refractivity contribution in [2.45, 2.75) is 82.3 Å². The van der Waals surface area contributed by atoms with Gasteiger partial charge in [-0.3, -0.25) is 4.57 Å². The Balaban J connectivity index is 1.45. The average Bonchev–Trinajstić information content (AvgIpc) is 3.18. The van der Waals surface area contributed by atoms with E-state index in [0.29, 0.717) is 11.2 Å². The third kappa shape index (κ3) is 4.83. The summed E-state index contributed by atoms with van der Waals surface area (Å²) in [5, 5.41) is 29.7. The predicted molar refractivity (Wildman–Crippen MR) is 115 cm³/mol. The van der Waals surface area contributed by atoms with Gasteiger partial charge < -0.3 is 25.8 Å². The van der Waals surface area contributed by atoms with Crippen LogP contribution in [0.1, 0.15) is 69.8 Å². The van der Waals surface area contributed by atoms with Crippen LogP contribution in [0.4, 0.5) is 5.82 Å². The van der Waals surface area contributed by atoms with E-state index < -0.39 is 31.1 Å². The van der Waals surface area contributed by atoms with Crippen molar-refractivity contribution in [3.63, 3.8) is 0 Å². The fourth-order valence-corrected chi connectivity index (χ4v) is 4.56. The van der Waals surface area contributed by atoms with E-state index in [4.69, 9.17) is 10.5 Å². The van der Waals surface area contributed by atoms with E-state index in [0.717, 1.165) is 18.8 Å². The highest BCUT2D eigenvalue weighted by atomic mass is 16.6. The van der Waals surface area contributed by atoms with Crippen LogP contribution >= 0.6 is 0 Å². The first-order chi connectivity index (χ1) is 15.1. The Bertz CT molecular complexity index is 945. The molecule has 2 aromatic rings. The number of nitrogens with zero attached hydrogens (tertiary/aromatic N) is 4. The number of rotatable bonds is 5. The number of hydrogen-bond acceptors (Lipinski definition) is 8. The molecular weight excluding hydrogens is 398 g/mol. The second kappa shape index (κ2) is 9.92. The smallest absolute Gasteiger partial charge is 0.208 e. The minimum absolute atomic E-state index is 0.193. The monoisotopic (exact) mass is 429 g/mol. The van der Waals surface area contributed by atoms with Gasteiger partial charge in [0.05, 0.1) is 12.9 Å². The van der Waals surface area contributed by atoms with Crippen molar-refractivity contribution >= 4 is 17.0 Å². The SMILES string of the molecule is Nc1nc(C#CCCCC2CCCCCC2)nc2c1ncn2[C@@H]1O[C@H](CO)[C@@H](O)[C@H]1O. The summed E-state index contributed by atoms with van der Waals surface area (Å²) in [6, 6.07) is 0. The van der Waals surface area contributed by atoms with Gasteiger partial charge in [0.25, 0.3) is 0 Å². The summed E-state index contributed by atoms with van der Waals surface area (Å²) in [7, 11) is 0. The molecule has 168 valence electrons.